The van der Waals surface area contributed by atoms with Crippen LogP contribution in [0.15, 0.2) is 11.9 Å². The van der Waals surface area contributed by atoms with E-state index in [1.807, 2.05) is 0 Å². The van der Waals surface area contributed by atoms with Crippen LogP contribution in [0, 0.1) is 17.3 Å². The van der Waals surface area contributed by atoms with Crippen LogP contribution in [0.2, 0.25) is 0 Å². The molecule has 1 N–H and O–H groups in total. The Morgan fingerprint density at radius 2 is 1.89 bits per heavy atom. The highest BCUT2D eigenvalue weighted by atomic mass is 19.4. The van der Waals surface area contributed by atoms with Gasteiger partial charge in [0.1, 0.15) is 0 Å². The number of carbonyl (C=O) groups excluding carboxylic acids is 1. The maximum absolute atomic E-state index is 13.3. The van der Waals surface area contributed by atoms with Crippen molar-refractivity contribution in [2.45, 2.75) is 20.0 Å². The number of carboxylic acid groups (broad SMARTS) is 1. The molecule has 0 bridgehead atoms. The van der Waals surface area contributed by atoms with Crippen molar-refractivity contribution in [3.8, 4) is 0 Å². The van der Waals surface area contributed by atoms with E-state index in [9.17, 15) is 27.2 Å². The van der Waals surface area contributed by atoms with Crippen LogP contribution < -0.4 is 0 Å². The van der Waals surface area contributed by atoms with Crippen LogP contribution in [0.1, 0.15) is 13.8 Å². The highest BCUT2D eigenvalue weighted by molar-refractivity contribution is 5.86. The molecule has 0 spiro atoms. The zero-order chi connectivity index (χ0) is 15.0. The molecule has 0 aliphatic heterocycles. The number of allylic oxidation sites excluding steroid dienone is 1. The Labute approximate surface area is 106 Å². The number of hydrogen-bond acceptors (Lipinski definition) is 3. The molecule has 4 nitrogen and oxygen atoms in total. The molecule has 0 radical (unpaired) electrons. The van der Waals surface area contributed by atoms with Gasteiger partial charge in [-0.2, -0.15) is 17.6 Å². The number of alkyl halides is 3. The fraction of sp³-hybridized carbons (Fsp3) is 0.636. The van der Waals surface area contributed by atoms with Crippen molar-refractivity contribution < 1.29 is 37.0 Å². The van der Waals surface area contributed by atoms with Gasteiger partial charge in [0.2, 0.25) is 5.83 Å². The van der Waals surface area contributed by atoms with Crippen LogP contribution in [0.5, 0.6) is 0 Å². The number of aliphatic carboxylic acids is 1. The monoisotopic (exact) mass is 284 g/mol. The Morgan fingerprint density at radius 3 is 2.26 bits per heavy atom. The average molecular weight is 284 g/mol. The van der Waals surface area contributed by atoms with Gasteiger partial charge in [0.05, 0.1) is 5.92 Å². The highest BCUT2D eigenvalue weighted by Gasteiger charge is 2.61. The number of ether oxygens (including phenoxy) is 1. The Kier molecular flexibility index (Phi) is 3.92. The third-order valence-electron chi connectivity index (χ3n) is 3.06. The van der Waals surface area contributed by atoms with E-state index >= 15 is 0 Å². The molecule has 1 fully saturated rings. The largest absolute Gasteiger partial charge is 0.481 e. The van der Waals surface area contributed by atoms with E-state index in [-0.39, 0.29) is 0 Å². The fourth-order valence-corrected chi connectivity index (χ4v) is 1.90. The molecule has 8 heteroatoms. The van der Waals surface area contributed by atoms with Crippen LogP contribution in [0.4, 0.5) is 17.6 Å². The summed E-state index contributed by atoms with van der Waals surface area (Å²) in [5, 5.41) is 8.80. The van der Waals surface area contributed by atoms with Gasteiger partial charge in [-0.3, -0.25) is 4.79 Å². The summed E-state index contributed by atoms with van der Waals surface area (Å²) >= 11 is 0. The molecule has 108 valence electrons. The van der Waals surface area contributed by atoms with E-state index in [0.717, 1.165) is 0 Å². The van der Waals surface area contributed by atoms with E-state index in [0.29, 0.717) is 6.08 Å². The third-order valence-corrected chi connectivity index (χ3v) is 3.06. The van der Waals surface area contributed by atoms with Crippen LogP contribution in [0.25, 0.3) is 0 Å². The standard InChI is InChI=1S/C11H12F4O4/c1-10(2)5(7(10)8(16)17)3-6(12)9(18)19-4-11(13,14)15/h3,5,7H,4H2,1-2H3,(H,16,17)/b6-3-. The number of carbonyl (C=O) groups is 2. The first-order valence-electron chi connectivity index (χ1n) is 5.31. The topological polar surface area (TPSA) is 63.6 Å². The smallest absolute Gasteiger partial charge is 0.422 e. The van der Waals surface area contributed by atoms with E-state index in [1.54, 1.807) is 13.8 Å². The van der Waals surface area contributed by atoms with Gasteiger partial charge >= 0.3 is 18.1 Å². The molecule has 1 saturated carbocycles. The maximum Gasteiger partial charge on any atom is 0.422 e. The van der Waals surface area contributed by atoms with E-state index in [1.165, 1.54) is 0 Å². The Balaban J connectivity index is 2.64. The fourth-order valence-electron chi connectivity index (χ4n) is 1.90. The maximum atomic E-state index is 13.3. The highest BCUT2D eigenvalue weighted by Crippen LogP contribution is 2.59. The van der Waals surface area contributed by atoms with Gasteiger partial charge in [-0.05, 0) is 17.4 Å². The lowest BCUT2D eigenvalue weighted by molar-refractivity contribution is -0.184. The van der Waals surface area contributed by atoms with E-state index in [2.05, 4.69) is 4.74 Å². The molecule has 0 amide bonds. The van der Waals surface area contributed by atoms with E-state index < -0.39 is 47.8 Å². The Morgan fingerprint density at radius 1 is 1.37 bits per heavy atom. The molecule has 0 saturated heterocycles. The molecular formula is C11H12F4O4. The summed E-state index contributed by atoms with van der Waals surface area (Å²) in [6, 6.07) is 0. The summed E-state index contributed by atoms with van der Waals surface area (Å²) in [6.07, 6.45) is -4.03. The lowest BCUT2D eigenvalue weighted by Crippen LogP contribution is -2.20. The first kappa shape index (κ1) is 15.5. The van der Waals surface area contributed by atoms with Crippen molar-refractivity contribution in [2.24, 2.45) is 17.3 Å². The number of esters is 1. The van der Waals surface area contributed by atoms with Crippen molar-refractivity contribution in [1.29, 1.82) is 0 Å². The number of carboxylic acids is 1. The second-order valence-corrected chi connectivity index (χ2v) is 4.87. The van der Waals surface area contributed by atoms with Crippen molar-refractivity contribution in [2.75, 3.05) is 6.61 Å². The van der Waals surface area contributed by atoms with Crippen LogP contribution >= 0.6 is 0 Å². The Bertz CT molecular complexity index is 425. The van der Waals surface area contributed by atoms with Gasteiger partial charge in [-0.15, -0.1) is 0 Å². The molecule has 19 heavy (non-hydrogen) atoms. The van der Waals surface area contributed by atoms with Crippen LogP contribution in [0.3, 0.4) is 0 Å². The normalized spacial score (nSPS) is 25.9. The molecule has 0 aromatic carbocycles. The van der Waals surface area contributed by atoms with Crippen molar-refractivity contribution in [1.82, 2.24) is 0 Å². The molecule has 0 heterocycles. The summed E-state index contributed by atoms with van der Waals surface area (Å²) in [6.45, 7) is 1.23. The second-order valence-electron chi connectivity index (χ2n) is 4.87. The first-order chi connectivity index (χ1) is 8.47. The quantitative estimate of drug-likeness (QED) is 0.489. The minimum Gasteiger partial charge on any atom is -0.481 e. The minimum absolute atomic E-state index is 0.706. The van der Waals surface area contributed by atoms with Gasteiger partial charge in [0.15, 0.2) is 6.61 Å². The summed E-state index contributed by atoms with van der Waals surface area (Å²) in [4.78, 5) is 21.7. The minimum atomic E-state index is -4.74. The molecule has 1 rings (SSSR count). The molecule has 1 aliphatic carbocycles. The predicted molar refractivity (Wildman–Crippen MR) is 54.6 cm³/mol. The predicted octanol–water partition coefficient (Wildman–Crippen LogP) is 2.30. The van der Waals surface area contributed by atoms with Gasteiger partial charge in [-0.25, -0.2) is 4.79 Å². The lowest BCUT2D eigenvalue weighted by atomic mass is 10.1. The number of hydrogen-bond donors (Lipinski definition) is 1. The summed E-state index contributed by atoms with van der Waals surface area (Å²) in [5.41, 5.74) is -0.743. The SMILES string of the molecule is CC1(C)C(/C=C(\F)C(=O)OCC(F)(F)F)C1C(=O)O. The van der Waals surface area contributed by atoms with E-state index in [4.69, 9.17) is 5.11 Å². The first-order valence-corrected chi connectivity index (χ1v) is 5.31. The Hall–Kier alpha value is -1.60. The summed E-state index contributed by atoms with van der Waals surface area (Å²) in [7, 11) is 0. The van der Waals surface area contributed by atoms with Gasteiger partial charge < -0.3 is 9.84 Å². The van der Waals surface area contributed by atoms with Crippen LogP contribution in [-0.4, -0.2) is 29.8 Å². The molecule has 0 aromatic heterocycles. The molecule has 2 unspecified atom stereocenters. The summed E-state index contributed by atoms with van der Waals surface area (Å²) in [5.74, 6) is -6.02. The van der Waals surface area contributed by atoms with Gasteiger partial charge in [0.25, 0.3) is 0 Å². The zero-order valence-electron chi connectivity index (χ0n) is 10.1. The molecular weight excluding hydrogens is 272 g/mol. The number of rotatable bonds is 4. The van der Waals surface area contributed by atoms with Gasteiger partial charge in [-0.1, -0.05) is 13.8 Å². The summed E-state index contributed by atoms with van der Waals surface area (Å²) < 4.78 is 52.2. The molecule has 2 atom stereocenters. The zero-order valence-corrected chi connectivity index (χ0v) is 10.1. The third kappa shape index (κ3) is 3.68. The molecule has 1 aliphatic rings. The van der Waals surface area contributed by atoms with Crippen molar-refractivity contribution in [3.05, 3.63) is 11.9 Å². The average Bonchev–Trinajstić information content (AvgIpc) is 2.75. The van der Waals surface area contributed by atoms with Crippen molar-refractivity contribution in [3.63, 3.8) is 0 Å². The van der Waals surface area contributed by atoms with Gasteiger partial charge in [0, 0.05) is 0 Å². The second kappa shape index (κ2) is 4.82. The van der Waals surface area contributed by atoms with Crippen LogP contribution in [-0.2, 0) is 14.3 Å². The number of halogens is 4. The molecule has 0 aromatic rings. The lowest BCUT2D eigenvalue weighted by Gasteiger charge is -2.06. The van der Waals surface area contributed by atoms with Crippen molar-refractivity contribution >= 4 is 11.9 Å².